The number of nitrogens with zero attached hydrogens (tertiary/aromatic N) is 1. The fourth-order valence-corrected chi connectivity index (χ4v) is 6.85. The van der Waals surface area contributed by atoms with Crippen LogP contribution in [0.3, 0.4) is 0 Å². The van der Waals surface area contributed by atoms with Crippen molar-refractivity contribution in [3.8, 4) is 22.6 Å². The van der Waals surface area contributed by atoms with Crippen molar-refractivity contribution in [3.05, 3.63) is 107 Å². The molecule has 52 heavy (non-hydrogen) atoms. The van der Waals surface area contributed by atoms with E-state index in [1.165, 1.54) is 16.7 Å². The third-order valence-corrected chi connectivity index (χ3v) is 9.64. The minimum absolute atomic E-state index is 0.000229. The first-order valence-electron chi connectivity index (χ1n) is 18.1. The Balaban J connectivity index is 0.946. The number of piperidine rings is 1. The molecule has 0 radical (unpaired) electrons. The van der Waals surface area contributed by atoms with Gasteiger partial charge in [-0.15, -0.1) is 0 Å². The number of nitrogens with one attached hydrogen (secondary N) is 4. The number of hydrogen-bond acceptors (Lipinski definition) is 8. The molecule has 4 aromatic rings. The number of carbonyl (C=O) groups excluding carboxylic acids is 3. The molecule has 2 aliphatic rings. The molecule has 11 heteroatoms. The van der Waals surface area contributed by atoms with Crippen LogP contribution in [0.1, 0.15) is 35.1 Å². The molecule has 0 aliphatic carbocycles. The number of anilines is 2. The standard InChI is InChI=1S/C41H47N5O6/c47-28-43-22-16-33-26-29(14-20-42-21-15-32-12-13-37(48)39-40(32)51-27-38(49)45-39)10-11-30(33)17-23-46-24-18-34(19-25-46)52-41(50)44-36-9-5-4-8-35(36)31-6-2-1-3-7-31/h1-13,26,28,34,42,48H,14-25,27H2,(H,43,47)(H,44,50)(H,45,49). The molecule has 0 unspecified atom stereocenters. The van der Waals surface area contributed by atoms with E-state index in [9.17, 15) is 19.5 Å². The Morgan fingerprint density at radius 1 is 0.885 bits per heavy atom. The van der Waals surface area contributed by atoms with Crippen molar-refractivity contribution in [2.45, 2.75) is 44.6 Å². The lowest BCUT2D eigenvalue weighted by Gasteiger charge is -2.31. The molecule has 2 heterocycles. The Kier molecular flexibility index (Phi) is 12.7. The molecule has 0 saturated carbocycles. The lowest BCUT2D eigenvalue weighted by Crippen LogP contribution is -2.39. The van der Waals surface area contributed by atoms with Gasteiger partial charge in [-0.2, -0.15) is 0 Å². The summed E-state index contributed by atoms with van der Waals surface area (Å²) in [6.45, 7) is 4.66. The van der Waals surface area contributed by atoms with E-state index in [2.05, 4.69) is 44.4 Å². The monoisotopic (exact) mass is 705 g/mol. The average Bonchev–Trinajstić information content (AvgIpc) is 3.16. The minimum Gasteiger partial charge on any atom is -0.506 e. The van der Waals surface area contributed by atoms with Gasteiger partial charge in [0.1, 0.15) is 17.5 Å². The van der Waals surface area contributed by atoms with Gasteiger partial charge >= 0.3 is 6.09 Å². The van der Waals surface area contributed by atoms with Gasteiger partial charge in [0.05, 0.1) is 5.69 Å². The lowest BCUT2D eigenvalue weighted by molar-refractivity contribution is -0.118. The summed E-state index contributed by atoms with van der Waals surface area (Å²) in [6, 6.07) is 27.8. The second kappa shape index (κ2) is 18.2. The Morgan fingerprint density at radius 3 is 2.46 bits per heavy atom. The zero-order chi connectivity index (χ0) is 36.1. The number of fused-ring (bicyclic) bond motifs is 1. The molecule has 2 aliphatic heterocycles. The van der Waals surface area contributed by atoms with E-state index >= 15 is 0 Å². The number of phenolic OH excluding ortho intramolecular Hbond substituents is 1. The first-order valence-corrected chi connectivity index (χ1v) is 18.1. The van der Waals surface area contributed by atoms with Gasteiger partial charge in [0.2, 0.25) is 6.41 Å². The predicted molar refractivity (Wildman–Crippen MR) is 202 cm³/mol. The molecule has 5 N–H and O–H groups in total. The highest BCUT2D eigenvalue weighted by molar-refractivity contribution is 5.97. The number of benzene rings is 4. The molecule has 4 aromatic carbocycles. The molecule has 0 spiro atoms. The fourth-order valence-electron chi connectivity index (χ4n) is 6.85. The number of hydrogen-bond donors (Lipinski definition) is 5. The Hall–Kier alpha value is -5.39. The van der Waals surface area contributed by atoms with E-state index in [1.54, 1.807) is 6.07 Å². The Bertz CT molecular complexity index is 1830. The smallest absolute Gasteiger partial charge is 0.411 e. The summed E-state index contributed by atoms with van der Waals surface area (Å²) in [5.74, 6) is 0.258. The summed E-state index contributed by atoms with van der Waals surface area (Å²) in [5.41, 5.74) is 7.74. The van der Waals surface area contributed by atoms with Gasteiger partial charge in [-0.25, -0.2) is 4.79 Å². The van der Waals surface area contributed by atoms with Gasteiger partial charge in [-0.05, 0) is 91.6 Å². The highest BCUT2D eigenvalue weighted by Crippen LogP contribution is 2.39. The van der Waals surface area contributed by atoms with Gasteiger partial charge in [-0.3, -0.25) is 14.9 Å². The fraction of sp³-hybridized carbons (Fsp3) is 0.341. The number of amides is 3. The molecule has 0 bridgehead atoms. The molecule has 11 nitrogen and oxygen atoms in total. The summed E-state index contributed by atoms with van der Waals surface area (Å²) >= 11 is 0. The van der Waals surface area contributed by atoms with Gasteiger partial charge in [-0.1, -0.05) is 72.8 Å². The van der Waals surface area contributed by atoms with Crippen LogP contribution in [0.5, 0.6) is 11.5 Å². The predicted octanol–water partition coefficient (Wildman–Crippen LogP) is 5.31. The van der Waals surface area contributed by atoms with E-state index in [1.807, 2.05) is 60.7 Å². The lowest BCUT2D eigenvalue weighted by atomic mass is 9.97. The number of likely N-dealkylation sites (tertiary alicyclic amines) is 1. The molecule has 0 atom stereocenters. The van der Waals surface area contributed by atoms with Crippen LogP contribution in [0.4, 0.5) is 16.2 Å². The third kappa shape index (κ3) is 9.89. The second-order valence-corrected chi connectivity index (χ2v) is 13.2. The van der Waals surface area contributed by atoms with Crippen molar-refractivity contribution in [3.63, 3.8) is 0 Å². The number of rotatable bonds is 16. The largest absolute Gasteiger partial charge is 0.506 e. The quantitative estimate of drug-likeness (QED) is 0.0601. The summed E-state index contributed by atoms with van der Waals surface area (Å²) in [4.78, 5) is 37.9. The van der Waals surface area contributed by atoms with Crippen LogP contribution in [0.15, 0.2) is 84.9 Å². The van der Waals surface area contributed by atoms with E-state index in [-0.39, 0.29) is 24.4 Å². The minimum atomic E-state index is -0.424. The van der Waals surface area contributed by atoms with Gasteiger partial charge < -0.3 is 35.4 Å². The highest BCUT2D eigenvalue weighted by atomic mass is 16.6. The molecule has 0 aromatic heterocycles. The third-order valence-electron chi connectivity index (χ3n) is 9.64. The van der Waals surface area contributed by atoms with Crippen molar-refractivity contribution in [1.82, 2.24) is 15.5 Å². The number of carbonyl (C=O) groups is 3. The van der Waals surface area contributed by atoms with E-state index in [4.69, 9.17) is 9.47 Å². The topological polar surface area (TPSA) is 141 Å². The second-order valence-electron chi connectivity index (χ2n) is 13.2. The van der Waals surface area contributed by atoms with Crippen molar-refractivity contribution >= 4 is 29.8 Å². The molecule has 6 rings (SSSR count). The maximum atomic E-state index is 12.9. The molecule has 272 valence electrons. The molecular formula is C41H47N5O6. The van der Waals surface area contributed by atoms with Gasteiger partial charge in [0.25, 0.3) is 5.91 Å². The molecule has 1 saturated heterocycles. The normalized spacial score (nSPS) is 14.5. The van der Waals surface area contributed by atoms with Crippen LogP contribution in [-0.4, -0.2) is 80.4 Å². The summed E-state index contributed by atoms with van der Waals surface area (Å²) in [5, 5.41) is 22.0. The van der Waals surface area contributed by atoms with Crippen molar-refractivity contribution < 1.29 is 29.0 Å². The van der Waals surface area contributed by atoms with Crippen LogP contribution in [0.25, 0.3) is 11.1 Å². The maximum absolute atomic E-state index is 12.9. The summed E-state index contributed by atoms with van der Waals surface area (Å²) in [6.07, 6.45) is 4.98. The first-order chi connectivity index (χ1) is 25.5. The molecule has 3 amide bonds. The van der Waals surface area contributed by atoms with Crippen molar-refractivity contribution in [1.29, 1.82) is 0 Å². The maximum Gasteiger partial charge on any atom is 0.411 e. The van der Waals surface area contributed by atoms with E-state index in [0.717, 1.165) is 93.6 Å². The van der Waals surface area contributed by atoms with E-state index in [0.29, 0.717) is 24.4 Å². The summed E-state index contributed by atoms with van der Waals surface area (Å²) in [7, 11) is 0. The zero-order valence-corrected chi connectivity index (χ0v) is 29.4. The highest BCUT2D eigenvalue weighted by Gasteiger charge is 2.24. The number of para-hydroxylation sites is 1. The number of ether oxygens (including phenoxy) is 2. The van der Waals surface area contributed by atoms with Crippen LogP contribution in [-0.2, 0) is 40.0 Å². The SMILES string of the molecule is O=CNCCc1cc(CCNCCc2ccc(O)c3c2OCC(=O)N3)ccc1CCN1CCC(OC(=O)Nc2ccccc2-c2ccccc2)CC1. The number of phenols is 1. The first kappa shape index (κ1) is 36.4. The Morgan fingerprint density at radius 2 is 1.63 bits per heavy atom. The van der Waals surface area contributed by atoms with Crippen molar-refractivity contribution in [2.24, 2.45) is 0 Å². The van der Waals surface area contributed by atoms with Gasteiger partial charge in [0.15, 0.2) is 12.4 Å². The van der Waals surface area contributed by atoms with Crippen LogP contribution >= 0.6 is 0 Å². The zero-order valence-electron chi connectivity index (χ0n) is 29.4. The average molecular weight is 706 g/mol. The molecule has 1 fully saturated rings. The van der Waals surface area contributed by atoms with Gasteiger partial charge in [0, 0.05) is 31.7 Å². The Labute approximate surface area is 304 Å². The van der Waals surface area contributed by atoms with Crippen LogP contribution in [0.2, 0.25) is 0 Å². The molecular weight excluding hydrogens is 658 g/mol. The van der Waals surface area contributed by atoms with E-state index < -0.39 is 6.09 Å². The van der Waals surface area contributed by atoms with Crippen LogP contribution < -0.4 is 26.0 Å². The number of aromatic hydroxyl groups is 1. The van der Waals surface area contributed by atoms with Crippen LogP contribution in [0, 0.1) is 0 Å². The van der Waals surface area contributed by atoms with Crippen molar-refractivity contribution in [2.75, 3.05) is 56.5 Å². The summed E-state index contributed by atoms with van der Waals surface area (Å²) < 4.78 is 11.4.